The molecule has 0 unspecified atom stereocenters. The summed E-state index contributed by atoms with van der Waals surface area (Å²) in [7, 11) is 0. The van der Waals surface area contributed by atoms with Crippen LogP contribution < -0.4 is 14.8 Å². The molecule has 0 aliphatic carbocycles. The lowest BCUT2D eigenvalue weighted by molar-refractivity contribution is -0.138. The number of carbonyl (C=O) groups is 3. The topological polar surface area (TPSA) is 105 Å². The minimum Gasteiger partial charge on any atom is -0.481 e. The number of carboxylic acids is 1. The van der Waals surface area contributed by atoms with Crippen LogP contribution in [0.3, 0.4) is 0 Å². The van der Waals surface area contributed by atoms with Crippen LogP contribution in [0, 0.1) is 0 Å². The van der Waals surface area contributed by atoms with Crippen molar-refractivity contribution >= 4 is 17.8 Å². The molecule has 0 saturated carbocycles. The van der Waals surface area contributed by atoms with Crippen molar-refractivity contribution in [3.8, 4) is 11.5 Å². The van der Waals surface area contributed by atoms with Gasteiger partial charge < -0.3 is 24.8 Å². The Morgan fingerprint density at radius 1 is 1.26 bits per heavy atom. The third-order valence-electron chi connectivity index (χ3n) is 3.36. The number of nitrogens with zero attached hydrogens (tertiary/aromatic N) is 1. The van der Waals surface area contributed by atoms with Gasteiger partial charge >= 0.3 is 5.97 Å². The van der Waals surface area contributed by atoms with Crippen LogP contribution in [0.5, 0.6) is 11.5 Å². The lowest BCUT2D eigenvalue weighted by atomic mass is 10.2. The van der Waals surface area contributed by atoms with Gasteiger partial charge in [0, 0.05) is 18.7 Å². The Labute approximate surface area is 133 Å². The van der Waals surface area contributed by atoms with E-state index in [4.69, 9.17) is 14.6 Å². The molecule has 8 nitrogen and oxygen atoms in total. The highest BCUT2D eigenvalue weighted by Gasteiger charge is 2.18. The lowest BCUT2D eigenvalue weighted by Crippen LogP contribution is -2.41. The van der Waals surface area contributed by atoms with Gasteiger partial charge in [-0.05, 0) is 25.1 Å². The summed E-state index contributed by atoms with van der Waals surface area (Å²) in [5, 5.41) is 11.2. The number of carbonyl (C=O) groups excluding carboxylic acids is 2. The van der Waals surface area contributed by atoms with Gasteiger partial charge in [-0.25, -0.2) is 0 Å². The summed E-state index contributed by atoms with van der Waals surface area (Å²) in [4.78, 5) is 36.0. The van der Waals surface area contributed by atoms with E-state index >= 15 is 0 Å². The number of aliphatic carboxylic acids is 1. The normalized spacial score (nSPS) is 11.9. The number of hydrogen-bond donors (Lipinski definition) is 2. The van der Waals surface area contributed by atoms with Crippen LogP contribution in [-0.2, 0) is 9.59 Å². The molecule has 23 heavy (non-hydrogen) atoms. The van der Waals surface area contributed by atoms with Gasteiger partial charge in [0.2, 0.25) is 12.7 Å². The summed E-state index contributed by atoms with van der Waals surface area (Å²) >= 11 is 0. The number of benzene rings is 1. The van der Waals surface area contributed by atoms with Crippen molar-refractivity contribution < 1.29 is 29.0 Å². The minimum atomic E-state index is -0.972. The second kappa shape index (κ2) is 7.48. The fraction of sp³-hybridized carbons (Fsp3) is 0.400. The Hall–Kier alpha value is -2.77. The Balaban J connectivity index is 1.87. The number of nitrogens with one attached hydrogen (secondary N) is 1. The van der Waals surface area contributed by atoms with Gasteiger partial charge in [0.05, 0.1) is 13.0 Å². The fourth-order valence-corrected chi connectivity index (χ4v) is 2.10. The van der Waals surface area contributed by atoms with Crippen LogP contribution in [0.4, 0.5) is 0 Å². The average Bonchev–Trinajstić information content (AvgIpc) is 3.00. The molecule has 0 radical (unpaired) electrons. The van der Waals surface area contributed by atoms with E-state index < -0.39 is 11.9 Å². The molecule has 0 atom stereocenters. The van der Waals surface area contributed by atoms with E-state index in [-0.39, 0.29) is 32.2 Å². The zero-order valence-corrected chi connectivity index (χ0v) is 12.7. The van der Waals surface area contributed by atoms with Crippen molar-refractivity contribution in [2.75, 3.05) is 26.4 Å². The molecule has 0 fully saturated rings. The molecular formula is C15H18N2O6. The van der Waals surface area contributed by atoms with Crippen LogP contribution in [0.25, 0.3) is 0 Å². The molecule has 0 aromatic heterocycles. The Bertz CT molecular complexity index is 616. The highest BCUT2D eigenvalue weighted by Crippen LogP contribution is 2.32. The first-order valence-electron chi connectivity index (χ1n) is 7.18. The monoisotopic (exact) mass is 322 g/mol. The summed E-state index contributed by atoms with van der Waals surface area (Å²) in [6.45, 7) is 2.17. The van der Waals surface area contributed by atoms with Gasteiger partial charge in [0.15, 0.2) is 11.5 Å². The number of likely N-dealkylation sites (N-methyl/N-ethyl adjacent to an activating group) is 1. The molecule has 1 aromatic carbocycles. The average molecular weight is 322 g/mol. The van der Waals surface area contributed by atoms with Crippen molar-refractivity contribution in [1.29, 1.82) is 0 Å². The summed E-state index contributed by atoms with van der Waals surface area (Å²) in [5.41, 5.74) is 0.357. The summed E-state index contributed by atoms with van der Waals surface area (Å²) < 4.78 is 10.4. The summed E-state index contributed by atoms with van der Waals surface area (Å²) in [6.07, 6.45) is -0.129. The first kappa shape index (κ1) is 16.6. The third kappa shape index (κ3) is 4.35. The minimum absolute atomic E-state index is 0.116. The Morgan fingerprint density at radius 2 is 2.00 bits per heavy atom. The number of rotatable bonds is 7. The summed E-state index contributed by atoms with van der Waals surface area (Å²) in [5.74, 6) is -0.654. The van der Waals surface area contributed by atoms with Gasteiger partial charge in [-0.1, -0.05) is 0 Å². The largest absolute Gasteiger partial charge is 0.481 e. The van der Waals surface area contributed by atoms with E-state index in [1.165, 1.54) is 4.90 Å². The maximum absolute atomic E-state index is 12.1. The first-order chi connectivity index (χ1) is 11.0. The molecule has 2 amide bonds. The smallest absolute Gasteiger partial charge is 0.305 e. The van der Waals surface area contributed by atoms with Gasteiger partial charge in [-0.15, -0.1) is 0 Å². The van der Waals surface area contributed by atoms with Gasteiger partial charge in [-0.3, -0.25) is 14.4 Å². The van der Waals surface area contributed by atoms with Crippen LogP contribution in [-0.4, -0.2) is 54.2 Å². The SMILES string of the molecule is CCN(CCC(=O)O)C(=O)CNC(=O)c1ccc2c(c1)OCO2. The highest BCUT2D eigenvalue weighted by atomic mass is 16.7. The molecule has 2 N–H and O–H groups in total. The van der Waals surface area contributed by atoms with Crippen LogP contribution in [0.15, 0.2) is 18.2 Å². The zero-order valence-electron chi connectivity index (χ0n) is 12.7. The molecule has 0 bridgehead atoms. The molecule has 0 saturated heterocycles. The molecule has 2 rings (SSSR count). The number of carboxylic acid groups (broad SMARTS) is 1. The standard InChI is InChI=1S/C15H18N2O6/c1-2-17(6-5-14(19)20)13(18)8-16-15(21)10-3-4-11-12(7-10)23-9-22-11/h3-4,7H,2,5-6,8-9H2,1H3,(H,16,21)(H,19,20). The Kier molecular flexibility index (Phi) is 5.40. The molecular weight excluding hydrogens is 304 g/mol. The van der Waals surface area contributed by atoms with Crippen LogP contribution in [0.2, 0.25) is 0 Å². The van der Waals surface area contributed by atoms with E-state index in [0.717, 1.165) is 0 Å². The van der Waals surface area contributed by atoms with Crippen molar-refractivity contribution in [1.82, 2.24) is 10.2 Å². The molecule has 1 aliphatic rings. The van der Waals surface area contributed by atoms with Crippen molar-refractivity contribution in [2.24, 2.45) is 0 Å². The molecule has 124 valence electrons. The maximum Gasteiger partial charge on any atom is 0.305 e. The van der Waals surface area contributed by atoms with Gasteiger partial charge in [0.1, 0.15) is 0 Å². The maximum atomic E-state index is 12.1. The van der Waals surface area contributed by atoms with E-state index in [1.54, 1.807) is 25.1 Å². The number of hydrogen-bond acceptors (Lipinski definition) is 5. The molecule has 1 aliphatic heterocycles. The van der Waals surface area contributed by atoms with Crippen LogP contribution in [0.1, 0.15) is 23.7 Å². The predicted octanol–water partition coefficient (Wildman–Crippen LogP) is 0.468. The zero-order chi connectivity index (χ0) is 16.8. The molecule has 1 aromatic rings. The van der Waals surface area contributed by atoms with Crippen molar-refractivity contribution in [2.45, 2.75) is 13.3 Å². The quantitative estimate of drug-likeness (QED) is 0.756. The first-order valence-corrected chi connectivity index (χ1v) is 7.18. The van der Waals surface area contributed by atoms with E-state index in [1.807, 2.05) is 0 Å². The second-order valence-corrected chi connectivity index (χ2v) is 4.87. The third-order valence-corrected chi connectivity index (χ3v) is 3.36. The van der Waals surface area contributed by atoms with Crippen LogP contribution >= 0.6 is 0 Å². The number of ether oxygens (including phenoxy) is 2. The molecule has 1 heterocycles. The van der Waals surface area contributed by atoms with E-state index in [9.17, 15) is 14.4 Å². The number of amides is 2. The molecule has 8 heteroatoms. The predicted molar refractivity (Wildman–Crippen MR) is 79.4 cm³/mol. The van der Waals surface area contributed by atoms with E-state index in [2.05, 4.69) is 5.32 Å². The lowest BCUT2D eigenvalue weighted by Gasteiger charge is -2.20. The second-order valence-electron chi connectivity index (χ2n) is 4.87. The Morgan fingerprint density at radius 3 is 2.70 bits per heavy atom. The summed E-state index contributed by atoms with van der Waals surface area (Å²) in [6, 6.07) is 4.75. The molecule has 0 spiro atoms. The van der Waals surface area contributed by atoms with E-state index in [0.29, 0.717) is 23.6 Å². The highest BCUT2D eigenvalue weighted by molar-refractivity contribution is 5.97. The van der Waals surface area contributed by atoms with Gasteiger partial charge in [0.25, 0.3) is 5.91 Å². The fourth-order valence-electron chi connectivity index (χ4n) is 2.10. The number of fused-ring (bicyclic) bond motifs is 1. The van der Waals surface area contributed by atoms with Crippen molar-refractivity contribution in [3.63, 3.8) is 0 Å². The van der Waals surface area contributed by atoms with Crippen molar-refractivity contribution in [3.05, 3.63) is 23.8 Å². The van der Waals surface area contributed by atoms with Gasteiger partial charge in [-0.2, -0.15) is 0 Å².